The molecule has 88 valence electrons. The zero-order chi connectivity index (χ0) is 11.9. The topological polar surface area (TPSA) is 26.3 Å². The van der Waals surface area contributed by atoms with E-state index < -0.39 is 0 Å². The average molecular weight is 233 g/mol. The van der Waals surface area contributed by atoms with Crippen LogP contribution in [0.2, 0.25) is 0 Å². The highest BCUT2D eigenvalue weighted by Crippen LogP contribution is 2.05. The minimum absolute atomic E-state index is 0.165. The van der Waals surface area contributed by atoms with Crippen LogP contribution >= 0.6 is 11.6 Å². The molecule has 0 fully saturated rings. The number of ether oxygens (including phenoxy) is 1. The highest BCUT2D eigenvalue weighted by molar-refractivity contribution is 6.25. The van der Waals surface area contributed by atoms with Gasteiger partial charge in [-0.1, -0.05) is 57.4 Å². The highest BCUT2D eigenvalue weighted by atomic mass is 35.5. The summed E-state index contributed by atoms with van der Waals surface area (Å²) in [5, 5.41) is 0. The van der Waals surface area contributed by atoms with Crippen LogP contribution in [-0.2, 0) is 9.53 Å². The van der Waals surface area contributed by atoms with Crippen molar-refractivity contribution in [1.29, 1.82) is 0 Å². The van der Waals surface area contributed by atoms with Crippen LogP contribution in [0.25, 0.3) is 0 Å². The summed E-state index contributed by atoms with van der Waals surface area (Å²) in [5.74, 6) is -0.165. The Bertz CT molecular complexity index is 167. The van der Waals surface area contributed by atoms with Crippen LogP contribution in [0, 0.1) is 0 Å². The molecular formula is C12H21ClO2. The third-order valence-corrected chi connectivity index (χ3v) is 1.70. The lowest BCUT2D eigenvalue weighted by atomic mass is 10.1. The van der Waals surface area contributed by atoms with E-state index in [0.717, 1.165) is 12.8 Å². The van der Waals surface area contributed by atoms with Crippen molar-refractivity contribution in [1.82, 2.24) is 0 Å². The second-order valence-electron chi connectivity index (χ2n) is 2.98. The summed E-state index contributed by atoms with van der Waals surface area (Å²) in [7, 11) is 0. The quantitative estimate of drug-likeness (QED) is 0.369. The molecule has 0 aliphatic rings. The smallest absolute Gasteiger partial charge is 0.310 e. The number of esters is 1. The number of hydrogen-bond donors (Lipinski definition) is 0. The predicted molar refractivity (Wildman–Crippen MR) is 65.7 cm³/mol. The van der Waals surface area contributed by atoms with Crippen LogP contribution in [0.3, 0.4) is 0 Å². The van der Waals surface area contributed by atoms with Gasteiger partial charge in [0, 0.05) is 6.42 Å². The summed E-state index contributed by atoms with van der Waals surface area (Å²) in [6.07, 6.45) is 7.49. The van der Waals surface area contributed by atoms with Crippen molar-refractivity contribution in [3.63, 3.8) is 0 Å². The Labute approximate surface area is 98.0 Å². The number of hydrogen-bond acceptors (Lipinski definition) is 2. The Morgan fingerprint density at radius 1 is 1.27 bits per heavy atom. The number of unbranched alkanes of at least 4 members (excludes halogenated alkanes) is 4. The maximum atomic E-state index is 10.8. The van der Waals surface area contributed by atoms with Crippen molar-refractivity contribution in [3.8, 4) is 0 Å². The monoisotopic (exact) mass is 232 g/mol. The largest absolute Gasteiger partial charge is 0.435 e. The van der Waals surface area contributed by atoms with Gasteiger partial charge in [-0.25, -0.2) is 0 Å². The molecule has 0 amide bonds. The van der Waals surface area contributed by atoms with E-state index in [9.17, 15) is 4.79 Å². The fourth-order valence-corrected chi connectivity index (χ4v) is 1.02. The Hall–Kier alpha value is -0.760. The molecule has 0 rings (SSSR count). The van der Waals surface area contributed by atoms with Gasteiger partial charge in [-0.15, -0.1) is 0 Å². The molecule has 0 heterocycles. The van der Waals surface area contributed by atoms with Crippen molar-refractivity contribution in [2.24, 2.45) is 0 Å². The molecule has 0 saturated heterocycles. The van der Waals surface area contributed by atoms with Crippen LogP contribution < -0.4 is 0 Å². The molecule has 0 bridgehead atoms. The van der Waals surface area contributed by atoms with Gasteiger partial charge in [0.1, 0.15) is 0 Å². The maximum absolute atomic E-state index is 10.8. The summed E-state index contributed by atoms with van der Waals surface area (Å²) in [4.78, 5) is 10.8. The molecule has 3 heteroatoms. The van der Waals surface area contributed by atoms with Crippen LogP contribution in [-0.4, -0.2) is 5.97 Å². The van der Waals surface area contributed by atoms with Crippen LogP contribution in [0.1, 0.15) is 45.4 Å². The average Bonchev–Trinajstić information content (AvgIpc) is 2.19. The van der Waals surface area contributed by atoms with Gasteiger partial charge in [-0.3, -0.25) is 4.79 Å². The second kappa shape index (κ2) is 15.7. The molecule has 15 heavy (non-hydrogen) atoms. The van der Waals surface area contributed by atoms with Crippen molar-refractivity contribution in [2.45, 2.75) is 45.4 Å². The summed E-state index contributed by atoms with van der Waals surface area (Å²) >= 11 is 4.76. The third kappa shape index (κ3) is 19.6. The molecule has 0 N–H and O–H groups in total. The standard InChI is InChI=1S/C10H18O2.C2H3Cl/c1-3-5-6-7-8-9-10(11)12-4-2;1-2-3/h4H,2-3,5-9H2,1H3;2H,1H2. The van der Waals surface area contributed by atoms with E-state index >= 15 is 0 Å². The van der Waals surface area contributed by atoms with Gasteiger partial charge in [0.15, 0.2) is 0 Å². The molecule has 0 spiro atoms. The lowest BCUT2D eigenvalue weighted by molar-refractivity contribution is -0.138. The first-order valence-corrected chi connectivity index (χ1v) is 5.68. The molecule has 0 saturated carbocycles. The van der Waals surface area contributed by atoms with Gasteiger partial charge in [0.05, 0.1) is 6.26 Å². The lowest BCUT2D eigenvalue weighted by Crippen LogP contribution is -1.98. The number of halogens is 1. The zero-order valence-corrected chi connectivity index (χ0v) is 10.3. The van der Waals surface area contributed by atoms with Crippen LogP contribution in [0.5, 0.6) is 0 Å². The Morgan fingerprint density at radius 3 is 2.27 bits per heavy atom. The van der Waals surface area contributed by atoms with E-state index in [1.807, 2.05) is 0 Å². The van der Waals surface area contributed by atoms with E-state index in [2.05, 4.69) is 24.8 Å². The number of carbonyl (C=O) groups excluding carboxylic acids is 1. The van der Waals surface area contributed by atoms with E-state index in [1.165, 1.54) is 31.1 Å². The SMILES string of the molecule is C=CCl.C=COC(=O)CCCCCCC. The summed E-state index contributed by atoms with van der Waals surface area (Å²) < 4.78 is 4.57. The Morgan fingerprint density at radius 2 is 1.80 bits per heavy atom. The van der Waals surface area contributed by atoms with Gasteiger partial charge >= 0.3 is 5.97 Å². The van der Waals surface area contributed by atoms with Crippen LogP contribution in [0.4, 0.5) is 0 Å². The van der Waals surface area contributed by atoms with Gasteiger partial charge in [-0.05, 0) is 12.0 Å². The van der Waals surface area contributed by atoms with E-state index in [1.54, 1.807) is 0 Å². The van der Waals surface area contributed by atoms with Gasteiger partial charge in [0.25, 0.3) is 0 Å². The van der Waals surface area contributed by atoms with Crippen molar-refractivity contribution in [3.05, 3.63) is 25.0 Å². The molecule has 0 aromatic carbocycles. The minimum atomic E-state index is -0.165. The fourth-order valence-electron chi connectivity index (χ4n) is 1.02. The van der Waals surface area contributed by atoms with E-state index in [4.69, 9.17) is 11.6 Å². The van der Waals surface area contributed by atoms with Crippen LogP contribution in [0.15, 0.2) is 25.0 Å². The molecule has 0 atom stereocenters. The molecule has 0 aromatic heterocycles. The first kappa shape index (κ1) is 16.7. The highest BCUT2D eigenvalue weighted by Gasteiger charge is 1.98. The minimum Gasteiger partial charge on any atom is -0.435 e. The summed E-state index contributed by atoms with van der Waals surface area (Å²) in [5.41, 5.74) is 1.22. The van der Waals surface area contributed by atoms with Crippen molar-refractivity contribution in [2.75, 3.05) is 0 Å². The van der Waals surface area contributed by atoms with E-state index in [0.29, 0.717) is 6.42 Å². The summed E-state index contributed by atoms with van der Waals surface area (Å²) in [6, 6.07) is 0. The Kier molecular flexibility index (Phi) is 17.4. The molecule has 0 aliphatic heterocycles. The van der Waals surface area contributed by atoms with E-state index in [-0.39, 0.29) is 5.97 Å². The van der Waals surface area contributed by atoms with Gasteiger partial charge in [-0.2, -0.15) is 0 Å². The Balaban J connectivity index is 0. The van der Waals surface area contributed by atoms with Crippen molar-refractivity contribution < 1.29 is 9.53 Å². The first-order valence-electron chi connectivity index (χ1n) is 5.24. The van der Waals surface area contributed by atoms with Crippen molar-refractivity contribution >= 4 is 17.6 Å². The molecular weight excluding hydrogens is 212 g/mol. The second-order valence-corrected chi connectivity index (χ2v) is 3.28. The molecule has 2 nitrogen and oxygen atoms in total. The van der Waals surface area contributed by atoms with Gasteiger partial charge < -0.3 is 4.74 Å². The normalized spacial score (nSPS) is 8.40. The number of carbonyl (C=O) groups is 1. The predicted octanol–water partition coefficient (Wildman–Crippen LogP) is 4.40. The molecule has 0 aromatic rings. The maximum Gasteiger partial charge on any atom is 0.310 e. The molecule has 0 radical (unpaired) electrons. The summed E-state index contributed by atoms with van der Waals surface area (Å²) in [6.45, 7) is 8.61. The molecule has 0 aliphatic carbocycles. The lowest BCUT2D eigenvalue weighted by Gasteiger charge is -1.98. The van der Waals surface area contributed by atoms with Gasteiger partial charge in [0.2, 0.25) is 0 Å². The third-order valence-electron chi connectivity index (χ3n) is 1.70. The molecule has 0 unspecified atom stereocenters. The number of rotatable bonds is 7. The zero-order valence-electron chi connectivity index (χ0n) is 9.51. The fraction of sp³-hybridized carbons (Fsp3) is 0.583. The first-order chi connectivity index (χ1) is 7.22.